The summed E-state index contributed by atoms with van der Waals surface area (Å²) in [5.74, 6) is 1.93. The monoisotopic (exact) mass is 627 g/mol. The van der Waals surface area contributed by atoms with E-state index in [2.05, 4.69) is 123 Å². The second-order valence-corrected chi connectivity index (χ2v) is 12.2. The molecule has 0 bridgehead atoms. The SMILES string of the molecule is C=C(/C=C\c1c(C)c2ccccc2c2ccccc12)c1cccc(-c2cccc(-c3nc(-c4ccccc4)nc(-c4ccccc4)n3)c2)c1. The molecule has 8 aromatic rings. The van der Waals surface area contributed by atoms with E-state index in [1.165, 1.54) is 32.7 Å². The molecule has 0 N–H and O–H groups in total. The molecule has 0 amide bonds. The number of benzene rings is 7. The third kappa shape index (κ3) is 5.95. The number of nitrogens with zero attached hydrogens (tertiary/aromatic N) is 3. The summed E-state index contributed by atoms with van der Waals surface area (Å²) in [6, 6.07) is 54.4. The van der Waals surface area contributed by atoms with Crippen LogP contribution in [0.3, 0.4) is 0 Å². The van der Waals surface area contributed by atoms with Crippen molar-refractivity contribution >= 4 is 33.2 Å². The largest absolute Gasteiger partial charge is 0.208 e. The van der Waals surface area contributed by atoms with Crippen molar-refractivity contribution in [3.05, 3.63) is 187 Å². The van der Waals surface area contributed by atoms with Crippen LogP contribution in [0.15, 0.2) is 170 Å². The van der Waals surface area contributed by atoms with E-state index in [-0.39, 0.29) is 0 Å². The summed E-state index contributed by atoms with van der Waals surface area (Å²) in [5, 5.41) is 5.07. The minimum atomic E-state index is 0.635. The second kappa shape index (κ2) is 13.0. The summed E-state index contributed by atoms with van der Waals surface area (Å²) in [7, 11) is 0. The highest BCUT2D eigenvalue weighted by Gasteiger charge is 2.13. The number of fused-ring (bicyclic) bond motifs is 3. The lowest BCUT2D eigenvalue weighted by Crippen LogP contribution is -2.00. The molecule has 0 fully saturated rings. The summed E-state index contributed by atoms with van der Waals surface area (Å²) in [6.07, 6.45) is 4.36. The maximum Gasteiger partial charge on any atom is 0.164 e. The smallest absolute Gasteiger partial charge is 0.164 e. The van der Waals surface area contributed by atoms with Gasteiger partial charge in [-0.25, -0.2) is 15.0 Å². The molecule has 3 nitrogen and oxygen atoms in total. The minimum Gasteiger partial charge on any atom is -0.208 e. The molecule has 0 radical (unpaired) electrons. The molecule has 0 unspecified atom stereocenters. The van der Waals surface area contributed by atoms with Crippen LogP contribution < -0.4 is 0 Å². The molecule has 0 spiro atoms. The van der Waals surface area contributed by atoms with E-state index in [4.69, 9.17) is 15.0 Å². The van der Waals surface area contributed by atoms with Crippen molar-refractivity contribution in [1.29, 1.82) is 0 Å². The Morgan fingerprint density at radius 3 is 1.53 bits per heavy atom. The van der Waals surface area contributed by atoms with Crippen LogP contribution >= 0.6 is 0 Å². The summed E-state index contributed by atoms with van der Waals surface area (Å²) in [5.41, 5.74) is 9.52. The molecule has 0 saturated carbocycles. The van der Waals surface area contributed by atoms with Gasteiger partial charge in [0.05, 0.1) is 0 Å². The van der Waals surface area contributed by atoms with Gasteiger partial charge in [0.2, 0.25) is 0 Å². The zero-order valence-electron chi connectivity index (χ0n) is 27.2. The molecule has 0 aliphatic rings. The quantitative estimate of drug-likeness (QED) is 0.130. The van der Waals surface area contributed by atoms with Crippen molar-refractivity contribution in [1.82, 2.24) is 15.0 Å². The first kappa shape index (κ1) is 29.9. The van der Waals surface area contributed by atoms with Gasteiger partial charge in [-0.3, -0.25) is 0 Å². The highest BCUT2D eigenvalue weighted by atomic mass is 15.0. The van der Waals surface area contributed by atoms with Gasteiger partial charge in [0.1, 0.15) is 0 Å². The average Bonchev–Trinajstić information content (AvgIpc) is 3.18. The van der Waals surface area contributed by atoms with E-state index < -0.39 is 0 Å². The number of aromatic nitrogens is 3. The van der Waals surface area contributed by atoms with Gasteiger partial charge >= 0.3 is 0 Å². The van der Waals surface area contributed by atoms with Crippen LogP contribution in [-0.2, 0) is 0 Å². The van der Waals surface area contributed by atoms with E-state index >= 15 is 0 Å². The van der Waals surface area contributed by atoms with Crippen LogP contribution in [0.2, 0.25) is 0 Å². The number of aryl methyl sites for hydroxylation is 1. The van der Waals surface area contributed by atoms with Gasteiger partial charge < -0.3 is 0 Å². The van der Waals surface area contributed by atoms with Crippen molar-refractivity contribution in [3.63, 3.8) is 0 Å². The Hall–Kier alpha value is -6.45. The first-order chi connectivity index (χ1) is 24.1. The lowest BCUT2D eigenvalue weighted by atomic mass is 9.91. The topological polar surface area (TPSA) is 38.7 Å². The molecule has 0 aliphatic carbocycles. The van der Waals surface area contributed by atoms with Crippen LogP contribution in [-0.4, -0.2) is 15.0 Å². The summed E-state index contributed by atoms with van der Waals surface area (Å²) < 4.78 is 0. The fraction of sp³-hybridized carbons (Fsp3) is 0.0217. The van der Waals surface area contributed by atoms with Gasteiger partial charge in [-0.05, 0) is 74.0 Å². The third-order valence-corrected chi connectivity index (χ3v) is 9.08. The van der Waals surface area contributed by atoms with Crippen LogP contribution in [0.1, 0.15) is 16.7 Å². The fourth-order valence-electron chi connectivity index (χ4n) is 6.51. The van der Waals surface area contributed by atoms with Gasteiger partial charge in [-0.1, -0.05) is 164 Å². The third-order valence-electron chi connectivity index (χ3n) is 9.08. The van der Waals surface area contributed by atoms with Crippen LogP contribution in [0.5, 0.6) is 0 Å². The van der Waals surface area contributed by atoms with Crippen molar-refractivity contribution in [2.75, 3.05) is 0 Å². The van der Waals surface area contributed by atoms with Gasteiger partial charge in [0.15, 0.2) is 17.5 Å². The lowest BCUT2D eigenvalue weighted by molar-refractivity contribution is 1.07. The average molecular weight is 628 g/mol. The number of hydrogen-bond donors (Lipinski definition) is 0. The lowest BCUT2D eigenvalue weighted by Gasteiger charge is -2.13. The van der Waals surface area contributed by atoms with E-state index in [0.29, 0.717) is 17.5 Å². The Bertz CT molecular complexity index is 2460. The molecule has 1 heterocycles. The van der Waals surface area contributed by atoms with Crippen molar-refractivity contribution in [2.24, 2.45) is 0 Å². The van der Waals surface area contributed by atoms with E-state index in [0.717, 1.165) is 39.0 Å². The molecule has 7 aromatic carbocycles. The Morgan fingerprint density at radius 2 is 0.898 bits per heavy atom. The molecule has 8 rings (SSSR count). The van der Waals surface area contributed by atoms with Crippen LogP contribution in [0, 0.1) is 6.92 Å². The Kier molecular flexibility index (Phi) is 7.93. The Morgan fingerprint density at radius 1 is 0.449 bits per heavy atom. The van der Waals surface area contributed by atoms with E-state index in [1.54, 1.807) is 0 Å². The predicted molar refractivity (Wildman–Crippen MR) is 206 cm³/mol. The zero-order valence-corrected chi connectivity index (χ0v) is 27.2. The van der Waals surface area contributed by atoms with Crippen molar-refractivity contribution in [2.45, 2.75) is 6.92 Å². The molecular formula is C46H33N3. The molecule has 232 valence electrons. The van der Waals surface area contributed by atoms with Gasteiger partial charge in [-0.15, -0.1) is 0 Å². The van der Waals surface area contributed by atoms with E-state index in [9.17, 15) is 0 Å². The zero-order chi connectivity index (χ0) is 33.2. The molecule has 3 heteroatoms. The molecular weight excluding hydrogens is 595 g/mol. The highest BCUT2D eigenvalue weighted by molar-refractivity contribution is 6.12. The first-order valence-corrected chi connectivity index (χ1v) is 16.5. The first-order valence-electron chi connectivity index (χ1n) is 16.5. The maximum absolute atomic E-state index is 4.94. The fourth-order valence-corrected chi connectivity index (χ4v) is 6.51. The Balaban J connectivity index is 1.14. The standard InChI is InChI=1S/C46H33N3/c1-31(27-28-40-32(2)39-23-9-10-24-41(39)43-26-12-11-25-42(40)43)35-19-13-20-36(29-35)37-21-14-22-38(30-37)46-48-44(33-15-5-3-6-16-33)47-45(49-46)34-17-7-4-8-18-34/h3-30H,1H2,2H3/b28-27-. The van der Waals surface area contributed by atoms with Gasteiger partial charge in [-0.2, -0.15) is 0 Å². The normalized spacial score (nSPS) is 11.4. The summed E-state index contributed by atoms with van der Waals surface area (Å²) in [6.45, 7) is 6.69. The molecule has 0 atom stereocenters. The molecule has 0 saturated heterocycles. The number of rotatable bonds is 7. The van der Waals surface area contributed by atoms with E-state index in [1.807, 2.05) is 60.7 Å². The highest BCUT2D eigenvalue weighted by Crippen LogP contribution is 2.34. The molecule has 0 aliphatic heterocycles. The Labute approximate surface area is 286 Å². The predicted octanol–water partition coefficient (Wildman–Crippen LogP) is 11.9. The molecule has 1 aromatic heterocycles. The summed E-state index contributed by atoms with van der Waals surface area (Å²) >= 11 is 0. The van der Waals surface area contributed by atoms with Gasteiger partial charge in [0.25, 0.3) is 0 Å². The van der Waals surface area contributed by atoms with Crippen LogP contribution in [0.25, 0.3) is 78.5 Å². The van der Waals surface area contributed by atoms with Crippen molar-refractivity contribution < 1.29 is 0 Å². The number of allylic oxidation sites excluding steroid dienone is 2. The number of hydrogen-bond acceptors (Lipinski definition) is 3. The maximum atomic E-state index is 4.94. The van der Waals surface area contributed by atoms with Crippen molar-refractivity contribution in [3.8, 4) is 45.3 Å². The summed E-state index contributed by atoms with van der Waals surface area (Å²) in [4.78, 5) is 14.7. The minimum absolute atomic E-state index is 0.635. The van der Waals surface area contributed by atoms with Gasteiger partial charge in [0, 0.05) is 16.7 Å². The van der Waals surface area contributed by atoms with Crippen LogP contribution in [0.4, 0.5) is 0 Å². The second-order valence-electron chi connectivity index (χ2n) is 12.2. The molecule has 49 heavy (non-hydrogen) atoms.